The number of anilines is 1. The van der Waals surface area contributed by atoms with Crippen LogP contribution < -0.4 is 10.9 Å². The van der Waals surface area contributed by atoms with E-state index in [1.54, 1.807) is 17.0 Å². The van der Waals surface area contributed by atoms with Gasteiger partial charge in [-0.15, -0.1) is 11.3 Å². The van der Waals surface area contributed by atoms with Crippen molar-refractivity contribution in [2.24, 2.45) is 0 Å². The first-order chi connectivity index (χ1) is 15.1. The van der Waals surface area contributed by atoms with Crippen molar-refractivity contribution in [2.75, 3.05) is 31.6 Å². The topological polar surface area (TPSA) is 95.6 Å². The van der Waals surface area contributed by atoms with E-state index in [1.165, 1.54) is 16.2 Å². The maximum atomic E-state index is 13.4. The first kappa shape index (κ1) is 20.0. The molecular weight excluding hydrogens is 414 g/mol. The third-order valence-corrected chi connectivity index (χ3v) is 7.04. The zero-order valence-electron chi connectivity index (χ0n) is 17.0. The van der Waals surface area contributed by atoms with Gasteiger partial charge in [0, 0.05) is 23.4 Å². The van der Waals surface area contributed by atoms with Crippen LogP contribution in [0.3, 0.4) is 0 Å². The molecule has 3 aromatic rings. The fraction of sp³-hybridized carbons (Fsp3) is 0.348. The van der Waals surface area contributed by atoms with Gasteiger partial charge in [-0.1, -0.05) is 18.2 Å². The first-order valence-corrected chi connectivity index (χ1v) is 11.3. The molecule has 2 aliphatic rings. The summed E-state index contributed by atoms with van der Waals surface area (Å²) >= 11 is 1.48. The molecule has 1 fully saturated rings. The average molecular weight is 438 g/mol. The van der Waals surface area contributed by atoms with E-state index in [9.17, 15) is 9.59 Å². The third kappa shape index (κ3) is 3.77. The van der Waals surface area contributed by atoms with E-state index in [0.717, 1.165) is 36.6 Å². The SMILES string of the molecule is N=c1oc2ccccc2cc1C(=O)Nc1sc2c(c1C(=O)N1CCOCC1)CCCC2. The lowest BCUT2D eigenvalue weighted by atomic mass is 9.95. The summed E-state index contributed by atoms with van der Waals surface area (Å²) in [5.41, 5.74) is 2.18. The zero-order chi connectivity index (χ0) is 21.4. The molecule has 31 heavy (non-hydrogen) atoms. The van der Waals surface area contributed by atoms with Crippen LogP contribution in [0.25, 0.3) is 11.0 Å². The van der Waals surface area contributed by atoms with Gasteiger partial charge in [-0.3, -0.25) is 15.0 Å². The van der Waals surface area contributed by atoms with Gasteiger partial charge in [0.05, 0.1) is 18.8 Å². The minimum Gasteiger partial charge on any atom is -0.438 e. The van der Waals surface area contributed by atoms with Crippen LogP contribution in [0.5, 0.6) is 0 Å². The Labute approximate surface area is 183 Å². The van der Waals surface area contributed by atoms with Crippen molar-refractivity contribution in [1.29, 1.82) is 5.41 Å². The largest absolute Gasteiger partial charge is 0.438 e. The Morgan fingerprint density at radius 1 is 1.10 bits per heavy atom. The van der Waals surface area contributed by atoms with E-state index in [0.29, 0.717) is 42.5 Å². The lowest BCUT2D eigenvalue weighted by Crippen LogP contribution is -2.41. The molecule has 1 saturated heterocycles. The highest BCUT2D eigenvalue weighted by Crippen LogP contribution is 2.39. The Balaban J connectivity index is 1.51. The predicted molar refractivity (Wildman–Crippen MR) is 118 cm³/mol. The number of carbonyl (C=O) groups is 2. The van der Waals surface area contributed by atoms with Crippen LogP contribution in [0.1, 0.15) is 44.0 Å². The number of amides is 2. The van der Waals surface area contributed by atoms with Gasteiger partial charge in [0.15, 0.2) is 0 Å². The molecular formula is C23H23N3O4S. The third-order valence-electron chi connectivity index (χ3n) is 5.83. The summed E-state index contributed by atoms with van der Waals surface area (Å²) in [5.74, 6) is -0.485. The molecule has 1 aliphatic carbocycles. The Morgan fingerprint density at radius 2 is 1.87 bits per heavy atom. The van der Waals surface area contributed by atoms with E-state index >= 15 is 0 Å². The van der Waals surface area contributed by atoms with Gasteiger partial charge in [0.2, 0.25) is 5.55 Å². The number of nitrogens with one attached hydrogen (secondary N) is 2. The molecule has 2 N–H and O–H groups in total. The second-order valence-electron chi connectivity index (χ2n) is 7.80. The van der Waals surface area contributed by atoms with E-state index in [-0.39, 0.29) is 17.0 Å². The number of thiophene rings is 1. The maximum Gasteiger partial charge on any atom is 0.261 e. The quantitative estimate of drug-likeness (QED) is 0.655. The van der Waals surface area contributed by atoms with Crippen molar-refractivity contribution in [3.8, 4) is 0 Å². The minimum absolute atomic E-state index is 0.0488. The van der Waals surface area contributed by atoms with E-state index < -0.39 is 5.91 Å². The van der Waals surface area contributed by atoms with Gasteiger partial charge in [-0.05, 0) is 43.4 Å². The maximum absolute atomic E-state index is 13.4. The standard InChI is InChI=1S/C23H23N3O4S/c24-20-16(13-14-5-1-3-7-17(14)30-20)21(27)25-22-19(15-6-2-4-8-18(15)31-22)23(28)26-9-11-29-12-10-26/h1,3,5,7,13,24H,2,4,6,8-12H2,(H,25,27). The number of para-hydroxylation sites is 1. The van der Waals surface area contributed by atoms with Gasteiger partial charge >= 0.3 is 0 Å². The summed E-state index contributed by atoms with van der Waals surface area (Å²) < 4.78 is 10.9. The highest BCUT2D eigenvalue weighted by Gasteiger charge is 2.30. The van der Waals surface area contributed by atoms with Gasteiger partial charge in [0.25, 0.3) is 11.8 Å². The van der Waals surface area contributed by atoms with Crippen LogP contribution in [-0.4, -0.2) is 43.0 Å². The molecule has 2 aromatic heterocycles. The fourth-order valence-electron chi connectivity index (χ4n) is 4.22. The fourth-order valence-corrected chi connectivity index (χ4v) is 5.50. The zero-order valence-corrected chi connectivity index (χ0v) is 17.8. The Kier molecular flexibility index (Phi) is 5.33. The Hall–Kier alpha value is -2.97. The molecule has 0 spiro atoms. The van der Waals surface area contributed by atoms with Crippen LogP contribution in [0.15, 0.2) is 34.7 Å². The number of carbonyl (C=O) groups excluding carboxylic acids is 2. The molecule has 1 aromatic carbocycles. The Bertz CT molecular complexity index is 1220. The van der Waals surface area contributed by atoms with Crippen molar-refractivity contribution in [2.45, 2.75) is 25.7 Å². The highest BCUT2D eigenvalue weighted by atomic mass is 32.1. The lowest BCUT2D eigenvalue weighted by Gasteiger charge is -2.27. The molecule has 0 saturated carbocycles. The smallest absolute Gasteiger partial charge is 0.261 e. The normalized spacial score (nSPS) is 16.2. The monoisotopic (exact) mass is 437 g/mol. The Morgan fingerprint density at radius 3 is 2.71 bits per heavy atom. The van der Waals surface area contributed by atoms with Crippen molar-refractivity contribution in [3.05, 3.63) is 57.5 Å². The van der Waals surface area contributed by atoms with Crippen molar-refractivity contribution < 1.29 is 18.7 Å². The second kappa shape index (κ2) is 8.28. The van der Waals surface area contributed by atoms with E-state index in [2.05, 4.69) is 5.32 Å². The summed E-state index contributed by atoms with van der Waals surface area (Å²) in [6.07, 6.45) is 3.91. The number of aryl methyl sites for hydroxylation is 1. The number of morpholine rings is 1. The van der Waals surface area contributed by atoms with Crippen LogP contribution in [0, 0.1) is 5.41 Å². The number of fused-ring (bicyclic) bond motifs is 2. The summed E-state index contributed by atoms with van der Waals surface area (Å²) in [6.45, 7) is 2.16. The van der Waals surface area contributed by atoms with Crippen molar-refractivity contribution >= 4 is 39.1 Å². The summed E-state index contributed by atoms with van der Waals surface area (Å²) in [7, 11) is 0. The molecule has 5 rings (SSSR count). The predicted octanol–water partition coefficient (Wildman–Crippen LogP) is 3.58. The van der Waals surface area contributed by atoms with Crippen LogP contribution in [-0.2, 0) is 17.6 Å². The molecule has 0 atom stereocenters. The molecule has 7 nitrogen and oxygen atoms in total. The number of rotatable bonds is 3. The van der Waals surface area contributed by atoms with Gasteiger partial charge < -0.3 is 19.4 Å². The molecule has 2 amide bonds. The molecule has 0 radical (unpaired) electrons. The number of hydrogen-bond donors (Lipinski definition) is 2. The molecule has 8 heteroatoms. The number of nitrogens with zero attached hydrogens (tertiary/aromatic N) is 1. The lowest BCUT2D eigenvalue weighted by molar-refractivity contribution is 0.0303. The minimum atomic E-state index is -0.436. The van der Waals surface area contributed by atoms with Crippen molar-refractivity contribution in [1.82, 2.24) is 4.90 Å². The average Bonchev–Trinajstić information content (AvgIpc) is 3.16. The molecule has 3 heterocycles. The van der Waals surface area contributed by atoms with Crippen LogP contribution in [0.4, 0.5) is 5.00 Å². The summed E-state index contributed by atoms with van der Waals surface area (Å²) in [4.78, 5) is 29.5. The van der Waals surface area contributed by atoms with E-state index in [4.69, 9.17) is 14.6 Å². The first-order valence-electron chi connectivity index (χ1n) is 10.5. The number of ether oxygens (including phenoxy) is 1. The highest BCUT2D eigenvalue weighted by molar-refractivity contribution is 7.17. The summed E-state index contributed by atoms with van der Waals surface area (Å²) in [5, 5.41) is 12.4. The van der Waals surface area contributed by atoms with Crippen LogP contribution in [0.2, 0.25) is 0 Å². The van der Waals surface area contributed by atoms with E-state index in [1.807, 2.05) is 18.2 Å². The number of benzene rings is 1. The van der Waals surface area contributed by atoms with Gasteiger partial charge in [-0.2, -0.15) is 0 Å². The molecule has 1 aliphatic heterocycles. The number of hydrogen-bond acceptors (Lipinski definition) is 6. The second-order valence-corrected chi connectivity index (χ2v) is 8.91. The van der Waals surface area contributed by atoms with Crippen molar-refractivity contribution in [3.63, 3.8) is 0 Å². The van der Waals surface area contributed by atoms with Gasteiger partial charge in [-0.25, -0.2) is 0 Å². The molecule has 0 unspecified atom stereocenters. The molecule has 160 valence electrons. The molecule has 0 bridgehead atoms. The van der Waals surface area contributed by atoms with Gasteiger partial charge in [0.1, 0.15) is 16.1 Å². The summed E-state index contributed by atoms with van der Waals surface area (Å²) in [6, 6.07) is 8.95. The van der Waals surface area contributed by atoms with Crippen LogP contribution >= 0.6 is 11.3 Å².